The second-order valence-corrected chi connectivity index (χ2v) is 11.0. The predicted octanol–water partition coefficient (Wildman–Crippen LogP) is 5.62. The van der Waals surface area contributed by atoms with Crippen LogP contribution in [-0.2, 0) is 19.6 Å². The number of pyridine rings is 1. The van der Waals surface area contributed by atoms with Gasteiger partial charge in [0.2, 0.25) is 7.37 Å². The van der Waals surface area contributed by atoms with Crippen LogP contribution >= 0.6 is 7.37 Å². The maximum atomic E-state index is 13.6. The van der Waals surface area contributed by atoms with Crippen molar-refractivity contribution in [3.8, 4) is 11.3 Å². The molecule has 1 unspecified atom stereocenters. The lowest BCUT2D eigenvalue weighted by molar-refractivity contribution is -0.139. The number of carbonyl (C=O) groups is 2. The molecule has 0 aliphatic rings. The van der Waals surface area contributed by atoms with Gasteiger partial charge in [-0.3, -0.25) is 14.2 Å². The third kappa shape index (κ3) is 6.01. The van der Waals surface area contributed by atoms with E-state index in [0.29, 0.717) is 16.8 Å². The SMILES string of the molecule is CC(C)(C)c1c(C=CP(=O)(O)CC(=O)CC(=O)O)c(-c2ccc(F)cc2)nc2ccccc12. The van der Waals surface area contributed by atoms with E-state index in [9.17, 15) is 23.4 Å². The van der Waals surface area contributed by atoms with Gasteiger partial charge in [0.1, 0.15) is 12.2 Å². The van der Waals surface area contributed by atoms with Crippen LogP contribution in [0.4, 0.5) is 4.39 Å². The van der Waals surface area contributed by atoms with Crippen LogP contribution in [0.5, 0.6) is 0 Å². The Morgan fingerprint density at radius 1 is 1.09 bits per heavy atom. The number of aliphatic carboxylic acids is 1. The van der Waals surface area contributed by atoms with Crippen LogP contribution < -0.4 is 0 Å². The fourth-order valence-corrected chi connectivity index (χ4v) is 4.85. The molecule has 1 aromatic heterocycles. The van der Waals surface area contributed by atoms with Gasteiger partial charge in [0.25, 0.3) is 0 Å². The van der Waals surface area contributed by atoms with E-state index in [-0.39, 0.29) is 0 Å². The maximum absolute atomic E-state index is 13.6. The van der Waals surface area contributed by atoms with Crippen molar-refractivity contribution >= 4 is 36.1 Å². The molecule has 1 heterocycles. The summed E-state index contributed by atoms with van der Waals surface area (Å²) in [6, 6.07) is 13.3. The Bertz CT molecular complexity index is 1290. The summed E-state index contributed by atoms with van der Waals surface area (Å²) in [5, 5.41) is 9.62. The number of hydrogen-bond donors (Lipinski definition) is 2. The minimum Gasteiger partial charge on any atom is -0.481 e. The fraction of sp³-hybridized carbons (Fsp3) is 0.240. The smallest absolute Gasteiger partial charge is 0.310 e. The second-order valence-electron chi connectivity index (χ2n) is 8.86. The Morgan fingerprint density at radius 3 is 2.33 bits per heavy atom. The number of carboxylic acid groups (broad SMARTS) is 1. The van der Waals surface area contributed by atoms with Gasteiger partial charge in [0.15, 0.2) is 5.78 Å². The summed E-state index contributed by atoms with van der Waals surface area (Å²) in [6.07, 6.45) is -0.120. The largest absolute Gasteiger partial charge is 0.481 e. The lowest BCUT2D eigenvalue weighted by Crippen LogP contribution is -2.15. The van der Waals surface area contributed by atoms with Crippen LogP contribution in [0.25, 0.3) is 28.2 Å². The van der Waals surface area contributed by atoms with Crippen LogP contribution in [0.3, 0.4) is 0 Å². The highest BCUT2D eigenvalue weighted by Gasteiger charge is 2.26. The molecule has 3 aromatic rings. The summed E-state index contributed by atoms with van der Waals surface area (Å²) in [7, 11) is -4.10. The first-order chi connectivity index (χ1) is 15.4. The van der Waals surface area contributed by atoms with Crippen molar-refractivity contribution in [1.82, 2.24) is 4.98 Å². The van der Waals surface area contributed by atoms with Crippen LogP contribution in [-0.4, -0.2) is 32.9 Å². The lowest BCUT2D eigenvalue weighted by atomic mass is 9.80. The monoisotopic (exact) mass is 469 g/mol. The standard InChI is InChI=1S/C25H25FNO5P/c1-25(2,3)23-19-6-4-5-7-21(19)27-24(16-8-10-17(26)11-9-16)20(23)12-13-33(31,32)15-18(28)14-22(29)30/h4-13H,14-15H2,1-3H3,(H,29,30)(H,31,32). The molecule has 172 valence electrons. The first-order valence-corrected chi connectivity index (χ1v) is 12.2. The third-order valence-corrected chi connectivity index (χ3v) is 6.44. The molecular weight excluding hydrogens is 444 g/mol. The van der Waals surface area contributed by atoms with Gasteiger partial charge < -0.3 is 10.00 Å². The zero-order chi connectivity index (χ0) is 24.4. The Kier molecular flexibility index (Phi) is 6.96. The number of rotatable bonds is 7. The number of aromatic nitrogens is 1. The molecule has 0 bridgehead atoms. The molecule has 3 rings (SSSR count). The summed E-state index contributed by atoms with van der Waals surface area (Å²) in [5.74, 6) is -1.52. The molecule has 33 heavy (non-hydrogen) atoms. The molecule has 0 aliphatic heterocycles. The van der Waals surface area contributed by atoms with Gasteiger partial charge in [0, 0.05) is 22.3 Å². The number of halogens is 1. The zero-order valence-electron chi connectivity index (χ0n) is 18.6. The molecule has 0 saturated heterocycles. The summed E-state index contributed by atoms with van der Waals surface area (Å²) in [4.78, 5) is 37.7. The number of nitrogens with zero attached hydrogens (tertiary/aromatic N) is 1. The van der Waals surface area contributed by atoms with Crippen molar-refractivity contribution in [2.45, 2.75) is 32.6 Å². The number of para-hydroxylation sites is 1. The van der Waals surface area contributed by atoms with Gasteiger partial charge in [-0.25, -0.2) is 9.37 Å². The van der Waals surface area contributed by atoms with E-state index in [4.69, 9.17) is 10.1 Å². The summed E-state index contributed by atoms with van der Waals surface area (Å²) in [6.45, 7) is 6.03. The van der Waals surface area contributed by atoms with Gasteiger partial charge in [-0.2, -0.15) is 0 Å². The second kappa shape index (κ2) is 9.38. The van der Waals surface area contributed by atoms with Crippen molar-refractivity contribution < 1.29 is 28.5 Å². The minimum atomic E-state index is -4.10. The molecule has 1 atom stereocenters. The molecule has 0 radical (unpaired) electrons. The molecule has 0 fully saturated rings. The first kappa shape index (κ1) is 24.5. The number of Topliss-reactive ketones (excluding diaryl/α,β-unsaturated/α-hetero) is 1. The van der Waals surface area contributed by atoms with Gasteiger partial charge in [-0.1, -0.05) is 39.0 Å². The molecule has 2 N–H and O–H groups in total. The van der Waals surface area contributed by atoms with Crippen molar-refractivity contribution in [2.75, 3.05) is 6.16 Å². The Labute approximate surface area is 191 Å². The van der Waals surface area contributed by atoms with Crippen LogP contribution in [0.1, 0.15) is 38.3 Å². The molecular formula is C25H25FNO5P. The molecule has 0 aliphatic carbocycles. The number of benzene rings is 2. The minimum absolute atomic E-state index is 0.393. The fourth-order valence-electron chi connectivity index (χ4n) is 3.75. The van der Waals surface area contributed by atoms with E-state index in [0.717, 1.165) is 22.3 Å². The highest BCUT2D eigenvalue weighted by atomic mass is 31.2. The van der Waals surface area contributed by atoms with Crippen LogP contribution in [0, 0.1) is 5.82 Å². The van der Waals surface area contributed by atoms with Crippen LogP contribution in [0.15, 0.2) is 54.3 Å². The average Bonchev–Trinajstić information content (AvgIpc) is 2.70. The van der Waals surface area contributed by atoms with Crippen molar-refractivity contribution in [2.24, 2.45) is 0 Å². The maximum Gasteiger partial charge on any atom is 0.310 e. The normalized spacial score (nSPS) is 13.8. The molecule has 0 saturated carbocycles. The molecule has 8 heteroatoms. The third-order valence-electron chi connectivity index (χ3n) is 5.02. The molecule has 0 spiro atoms. The van der Waals surface area contributed by atoms with Gasteiger partial charge in [-0.15, -0.1) is 0 Å². The topological polar surface area (TPSA) is 105 Å². The molecule has 0 amide bonds. The van der Waals surface area contributed by atoms with Crippen molar-refractivity contribution in [3.63, 3.8) is 0 Å². The highest BCUT2D eigenvalue weighted by molar-refractivity contribution is 7.62. The van der Waals surface area contributed by atoms with E-state index in [1.165, 1.54) is 18.2 Å². The number of hydrogen-bond acceptors (Lipinski definition) is 4. The average molecular weight is 469 g/mol. The zero-order valence-corrected chi connectivity index (χ0v) is 19.5. The first-order valence-electron chi connectivity index (χ1n) is 10.3. The van der Waals surface area contributed by atoms with Crippen molar-refractivity contribution in [3.05, 3.63) is 71.3 Å². The molecule has 6 nitrogen and oxygen atoms in total. The van der Waals surface area contributed by atoms with E-state index in [2.05, 4.69) is 0 Å². The molecule has 2 aromatic carbocycles. The van der Waals surface area contributed by atoms with Gasteiger partial charge in [-0.05, 0) is 47.4 Å². The van der Waals surface area contributed by atoms with E-state index in [1.807, 2.05) is 45.0 Å². The van der Waals surface area contributed by atoms with Gasteiger partial charge in [0.05, 0.1) is 17.4 Å². The van der Waals surface area contributed by atoms with Gasteiger partial charge >= 0.3 is 5.97 Å². The Hall–Kier alpha value is -3.15. The lowest BCUT2D eigenvalue weighted by Gasteiger charge is -2.26. The summed E-state index contributed by atoms with van der Waals surface area (Å²) >= 11 is 0. The summed E-state index contributed by atoms with van der Waals surface area (Å²) < 4.78 is 26.2. The highest BCUT2D eigenvalue weighted by Crippen LogP contribution is 2.45. The van der Waals surface area contributed by atoms with Crippen molar-refractivity contribution in [1.29, 1.82) is 0 Å². The number of carboxylic acids is 1. The predicted molar refractivity (Wildman–Crippen MR) is 127 cm³/mol. The van der Waals surface area contributed by atoms with E-state index >= 15 is 0 Å². The number of fused-ring (bicyclic) bond motifs is 1. The Balaban J connectivity index is 2.23. The summed E-state index contributed by atoms with van der Waals surface area (Å²) in [5.41, 5.74) is 2.92. The number of carbonyl (C=O) groups excluding carboxylic acids is 1. The van der Waals surface area contributed by atoms with E-state index in [1.54, 1.807) is 12.1 Å². The number of ketones is 1. The Morgan fingerprint density at radius 2 is 1.73 bits per heavy atom. The van der Waals surface area contributed by atoms with E-state index < -0.39 is 42.9 Å². The quantitative estimate of drug-likeness (QED) is 0.344. The van der Waals surface area contributed by atoms with Crippen LogP contribution in [0.2, 0.25) is 0 Å².